The van der Waals surface area contributed by atoms with Crippen molar-refractivity contribution in [2.75, 3.05) is 0 Å². The molecular weight excluding hydrogens is 164 g/mol. The van der Waals surface area contributed by atoms with Gasteiger partial charge in [-0.2, -0.15) is 0 Å². The van der Waals surface area contributed by atoms with Gasteiger partial charge in [-0.1, -0.05) is 28.1 Å². The topological polar surface area (TPSA) is 0 Å². The Morgan fingerprint density at radius 2 is 2.50 bits per heavy atom. The molecule has 2 aliphatic carbocycles. The van der Waals surface area contributed by atoms with Crippen molar-refractivity contribution in [1.29, 1.82) is 0 Å². The van der Waals surface area contributed by atoms with Crippen LogP contribution in [0.5, 0.6) is 0 Å². The van der Waals surface area contributed by atoms with Crippen molar-refractivity contribution in [3.63, 3.8) is 0 Å². The molecule has 2 bridgehead atoms. The molecule has 2 unspecified atom stereocenters. The van der Waals surface area contributed by atoms with E-state index < -0.39 is 0 Å². The lowest BCUT2D eigenvalue weighted by molar-refractivity contribution is 0.699. The van der Waals surface area contributed by atoms with E-state index in [1.165, 1.54) is 19.3 Å². The predicted octanol–water partition coefficient (Wildman–Crippen LogP) is 2.49. The maximum Gasteiger partial charge on any atom is 0.0442 e. The molecule has 0 aromatic heterocycles. The largest absolute Gasteiger partial charge is 0.0840 e. The van der Waals surface area contributed by atoms with Crippen LogP contribution in [0.2, 0.25) is 0 Å². The highest BCUT2D eigenvalue weighted by Gasteiger charge is 2.37. The summed E-state index contributed by atoms with van der Waals surface area (Å²) in [6.07, 6.45) is 8.78. The van der Waals surface area contributed by atoms with Gasteiger partial charge in [-0.05, 0) is 25.2 Å². The van der Waals surface area contributed by atoms with Crippen molar-refractivity contribution in [2.45, 2.75) is 23.6 Å². The fraction of sp³-hybridized carbons (Fsp3) is 0.714. The van der Waals surface area contributed by atoms with Gasteiger partial charge in [-0.25, -0.2) is 0 Å². The monoisotopic (exact) mass is 172 g/mol. The van der Waals surface area contributed by atoms with E-state index in [1.807, 2.05) is 0 Å². The smallest absolute Gasteiger partial charge is 0.0442 e. The summed E-state index contributed by atoms with van der Waals surface area (Å²) in [5.41, 5.74) is 0. The number of hydrogen-bond donors (Lipinski definition) is 0. The Morgan fingerprint density at radius 1 is 1.62 bits per heavy atom. The Bertz CT molecular complexity index is 139. The zero-order chi connectivity index (χ0) is 5.61. The van der Waals surface area contributed by atoms with Crippen LogP contribution >= 0.6 is 15.9 Å². The molecule has 0 amide bonds. The molecule has 1 heteroatoms. The van der Waals surface area contributed by atoms with Gasteiger partial charge in [0.2, 0.25) is 0 Å². The molecule has 0 saturated heterocycles. The summed E-state index contributed by atoms with van der Waals surface area (Å²) < 4.78 is 0.442. The van der Waals surface area contributed by atoms with E-state index in [1.54, 1.807) is 0 Å². The molecule has 2 aliphatic rings. The van der Waals surface area contributed by atoms with Crippen molar-refractivity contribution >= 4 is 15.9 Å². The van der Waals surface area contributed by atoms with E-state index in [9.17, 15) is 0 Å². The molecule has 0 spiro atoms. The van der Waals surface area contributed by atoms with Crippen molar-refractivity contribution in [2.24, 2.45) is 5.92 Å². The molecular formula is C7H9Br. The lowest BCUT2D eigenvalue weighted by Gasteiger charge is -2.11. The highest BCUT2D eigenvalue weighted by molar-refractivity contribution is 9.10. The second-order valence-corrected chi connectivity index (χ2v) is 4.48. The molecule has 2 rings (SSSR count). The Hall–Kier alpha value is 0.220. The Labute approximate surface area is 58.1 Å². The molecule has 0 aliphatic heterocycles. The van der Waals surface area contributed by atoms with E-state index in [0.717, 1.165) is 5.92 Å². The van der Waals surface area contributed by atoms with Crippen LogP contribution in [0.1, 0.15) is 19.3 Å². The van der Waals surface area contributed by atoms with Crippen molar-refractivity contribution in [3.05, 3.63) is 12.2 Å². The minimum absolute atomic E-state index is 0.442. The third kappa shape index (κ3) is 0.572. The molecule has 8 heavy (non-hydrogen) atoms. The van der Waals surface area contributed by atoms with E-state index in [4.69, 9.17) is 0 Å². The molecule has 0 aromatic carbocycles. The van der Waals surface area contributed by atoms with Crippen molar-refractivity contribution in [3.8, 4) is 0 Å². The summed E-state index contributed by atoms with van der Waals surface area (Å²) in [5.74, 6) is 0.911. The highest BCUT2D eigenvalue weighted by atomic mass is 79.9. The van der Waals surface area contributed by atoms with Gasteiger partial charge in [-0.3, -0.25) is 0 Å². The third-order valence-electron chi connectivity index (χ3n) is 2.20. The molecule has 0 radical (unpaired) electrons. The van der Waals surface area contributed by atoms with Gasteiger partial charge in [0.1, 0.15) is 0 Å². The first-order chi connectivity index (χ1) is 3.79. The zero-order valence-corrected chi connectivity index (χ0v) is 6.32. The van der Waals surface area contributed by atoms with Gasteiger partial charge < -0.3 is 0 Å². The van der Waals surface area contributed by atoms with Crippen LogP contribution in [-0.2, 0) is 0 Å². The Balaban J connectivity index is 2.33. The van der Waals surface area contributed by atoms with E-state index >= 15 is 0 Å². The first-order valence-electron chi connectivity index (χ1n) is 3.17. The maximum atomic E-state index is 3.70. The molecule has 0 aromatic rings. The summed E-state index contributed by atoms with van der Waals surface area (Å²) >= 11 is 3.70. The quantitative estimate of drug-likeness (QED) is 0.390. The molecule has 0 heterocycles. The first-order valence-corrected chi connectivity index (χ1v) is 3.96. The number of allylic oxidation sites excluding steroid dienone is 2. The summed E-state index contributed by atoms with van der Waals surface area (Å²) in [6, 6.07) is 0. The van der Waals surface area contributed by atoms with Crippen molar-refractivity contribution in [1.82, 2.24) is 0 Å². The predicted molar refractivity (Wildman–Crippen MR) is 38.1 cm³/mol. The van der Waals surface area contributed by atoms with E-state index in [0.29, 0.717) is 4.32 Å². The number of fused-ring (bicyclic) bond motifs is 2. The fourth-order valence-corrected chi connectivity index (χ4v) is 2.49. The van der Waals surface area contributed by atoms with Crippen LogP contribution in [0.4, 0.5) is 0 Å². The number of rotatable bonds is 0. The molecule has 2 atom stereocenters. The average molecular weight is 173 g/mol. The molecule has 44 valence electrons. The summed E-state index contributed by atoms with van der Waals surface area (Å²) in [7, 11) is 0. The van der Waals surface area contributed by atoms with Gasteiger partial charge in [-0.15, -0.1) is 0 Å². The Morgan fingerprint density at radius 3 is 2.62 bits per heavy atom. The minimum atomic E-state index is 0.442. The molecule has 1 saturated carbocycles. The molecule has 0 nitrogen and oxygen atoms in total. The second kappa shape index (κ2) is 1.38. The van der Waals surface area contributed by atoms with Gasteiger partial charge >= 0.3 is 0 Å². The SMILES string of the molecule is BrC12C=CC(CC1)C2. The third-order valence-corrected chi connectivity index (χ3v) is 3.18. The summed E-state index contributed by atoms with van der Waals surface area (Å²) in [4.78, 5) is 0. The zero-order valence-electron chi connectivity index (χ0n) is 4.73. The number of alkyl halides is 1. The van der Waals surface area contributed by atoms with Gasteiger partial charge in [0.25, 0.3) is 0 Å². The van der Waals surface area contributed by atoms with Crippen LogP contribution < -0.4 is 0 Å². The van der Waals surface area contributed by atoms with Gasteiger partial charge in [0, 0.05) is 4.32 Å². The van der Waals surface area contributed by atoms with Gasteiger partial charge in [0.15, 0.2) is 0 Å². The Kier molecular flexibility index (Phi) is 0.870. The number of halogens is 1. The van der Waals surface area contributed by atoms with Gasteiger partial charge in [0.05, 0.1) is 0 Å². The van der Waals surface area contributed by atoms with Crippen LogP contribution in [-0.4, -0.2) is 4.32 Å². The fourth-order valence-electron chi connectivity index (χ4n) is 1.69. The first kappa shape index (κ1) is 5.04. The molecule has 0 N–H and O–H groups in total. The van der Waals surface area contributed by atoms with Crippen molar-refractivity contribution < 1.29 is 0 Å². The van der Waals surface area contributed by atoms with Crippen LogP contribution in [0, 0.1) is 5.92 Å². The lowest BCUT2D eigenvalue weighted by Crippen LogP contribution is -2.07. The lowest BCUT2D eigenvalue weighted by atomic mass is 10.1. The van der Waals surface area contributed by atoms with Crippen LogP contribution in [0.25, 0.3) is 0 Å². The summed E-state index contributed by atoms with van der Waals surface area (Å²) in [6.45, 7) is 0. The maximum absolute atomic E-state index is 3.70. The summed E-state index contributed by atoms with van der Waals surface area (Å²) in [5, 5.41) is 0. The van der Waals surface area contributed by atoms with Crippen LogP contribution in [0.3, 0.4) is 0 Å². The minimum Gasteiger partial charge on any atom is -0.0840 e. The highest BCUT2D eigenvalue weighted by Crippen LogP contribution is 2.47. The van der Waals surface area contributed by atoms with E-state index in [-0.39, 0.29) is 0 Å². The molecule has 1 fully saturated rings. The average Bonchev–Trinajstić information content (AvgIpc) is 2.21. The van der Waals surface area contributed by atoms with Crippen LogP contribution in [0.15, 0.2) is 12.2 Å². The standard InChI is InChI=1S/C7H9Br/c8-7-3-1-6(5-7)2-4-7/h1,3,6H,2,4-5H2. The second-order valence-electron chi connectivity index (χ2n) is 2.90. The number of hydrogen-bond acceptors (Lipinski definition) is 0. The normalized spacial score (nSPS) is 50.9. The van der Waals surface area contributed by atoms with E-state index in [2.05, 4.69) is 28.1 Å².